The van der Waals surface area contributed by atoms with Crippen LogP contribution in [0.5, 0.6) is 0 Å². The van der Waals surface area contributed by atoms with Gasteiger partial charge in [0, 0.05) is 23.7 Å². The van der Waals surface area contributed by atoms with Crippen LogP contribution in [-0.2, 0) is 6.54 Å². The summed E-state index contributed by atoms with van der Waals surface area (Å²) < 4.78 is 35.9. The van der Waals surface area contributed by atoms with Crippen LogP contribution < -0.4 is 10.5 Å². The highest BCUT2D eigenvalue weighted by Gasteiger charge is 2.26. The van der Waals surface area contributed by atoms with E-state index >= 15 is 0 Å². The van der Waals surface area contributed by atoms with E-state index in [1.807, 2.05) is 50.2 Å². The molecule has 0 N–H and O–H groups in total. The summed E-state index contributed by atoms with van der Waals surface area (Å²) in [4.78, 5) is 32.5. The van der Waals surface area contributed by atoms with Crippen molar-refractivity contribution in [2.75, 3.05) is 11.4 Å². The van der Waals surface area contributed by atoms with Crippen molar-refractivity contribution in [2.24, 2.45) is 0 Å². The Labute approximate surface area is 218 Å². The molecule has 0 atom stereocenters. The molecule has 0 bridgehead atoms. The fourth-order valence-electron chi connectivity index (χ4n) is 4.61. The van der Waals surface area contributed by atoms with Crippen molar-refractivity contribution >= 4 is 54.3 Å². The average molecular weight is 531 g/mol. The molecule has 3 aromatic carbocycles. The number of rotatable bonds is 5. The molecule has 6 rings (SSSR count). The van der Waals surface area contributed by atoms with Gasteiger partial charge in [0.05, 0.1) is 16.9 Å². The van der Waals surface area contributed by atoms with Crippen molar-refractivity contribution in [3.63, 3.8) is 0 Å². The summed E-state index contributed by atoms with van der Waals surface area (Å²) in [6.45, 7) is 4.13. The standard InChI is InChI=1S/C28H20F2N4O3S/c1-15-11-16(2)34(32-15)10-9-33(28-31-25-22(30)12-18(29)13-24(25)38-28)26(35)21-14-20-19-6-4-3-5-17(19)7-8-23(20)37-27(21)36/h3-8,11-14H,9-10H2,1-2H3. The van der Waals surface area contributed by atoms with Crippen LogP contribution in [0.25, 0.3) is 32.0 Å². The topological polar surface area (TPSA) is 81.2 Å². The SMILES string of the molecule is Cc1cc(C)n(CCN(C(=O)c2cc3c(ccc4ccccc43)oc2=O)c2nc3c(F)cc(F)cc3s2)n1. The fraction of sp³-hybridized carbons (Fsp3) is 0.143. The summed E-state index contributed by atoms with van der Waals surface area (Å²) in [5.74, 6) is -2.23. The van der Waals surface area contributed by atoms with Gasteiger partial charge in [0.1, 0.15) is 22.5 Å². The largest absolute Gasteiger partial charge is 0.422 e. The summed E-state index contributed by atoms with van der Waals surface area (Å²) in [5, 5.41) is 6.94. The predicted octanol–water partition coefficient (Wildman–Crippen LogP) is 5.99. The van der Waals surface area contributed by atoms with Crippen molar-refractivity contribution in [3.8, 4) is 0 Å². The van der Waals surface area contributed by atoms with E-state index in [0.29, 0.717) is 17.5 Å². The number of thiazole rings is 1. The molecule has 190 valence electrons. The van der Waals surface area contributed by atoms with Crippen LogP contribution in [0.15, 0.2) is 69.9 Å². The molecule has 0 saturated carbocycles. The third-order valence-electron chi connectivity index (χ3n) is 6.39. The number of aromatic nitrogens is 3. The van der Waals surface area contributed by atoms with Gasteiger partial charge in [0.15, 0.2) is 10.9 Å². The quantitative estimate of drug-likeness (QED) is 0.202. The zero-order valence-corrected chi connectivity index (χ0v) is 21.2. The van der Waals surface area contributed by atoms with Crippen molar-refractivity contribution in [1.82, 2.24) is 14.8 Å². The first-order valence-corrected chi connectivity index (χ1v) is 12.6. The van der Waals surface area contributed by atoms with Crippen molar-refractivity contribution in [2.45, 2.75) is 20.4 Å². The highest BCUT2D eigenvalue weighted by atomic mass is 32.1. The molecule has 0 spiro atoms. The van der Waals surface area contributed by atoms with Gasteiger partial charge in [0.2, 0.25) is 0 Å². The van der Waals surface area contributed by atoms with Gasteiger partial charge in [-0.25, -0.2) is 18.6 Å². The molecule has 6 aromatic rings. The first-order valence-electron chi connectivity index (χ1n) is 11.8. The average Bonchev–Trinajstić information content (AvgIpc) is 3.45. The van der Waals surface area contributed by atoms with Crippen LogP contribution in [0, 0.1) is 25.5 Å². The molecule has 38 heavy (non-hydrogen) atoms. The Balaban J connectivity index is 1.48. The smallest absolute Gasteiger partial charge is 0.349 e. The van der Waals surface area contributed by atoms with Crippen LogP contribution >= 0.6 is 11.3 Å². The Hall–Kier alpha value is -4.44. The van der Waals surface area contributed by atoms with Gasteiger partial charge < -0.3 is 4.42 Å². The number of anilines is 1. The van der Waals surface area contributed by atoms with E-state index in [1.165, 1.54) is 17.0 Å². The Morgan fingerprint density at radius 2 is 1.87 bits per heavy atom. The molecule has 3 aromatic heterocycles. The lowest BCUT2D eigenvalue weighted by atomic mass is 10.0. The highest BCUT2D eigenvalue weighted by Crippen LogP contribution is 2.32. The number of amides is 1. The van der Waals surface area contributed by atoms with Gasteiger partial charge in [-0.05, 0) is 48.9 Å². The fourth-order valence-corrected chi connectivity index (χ4v) is 5.64. The molecule has 3 heterocycles. The van der Waals surface area contributed by atoms with E-state index in [1.54, 1.807) is 10.7 Å². The second-order valence-corrected chi connectivity index (χ2v) is 9.99. The number of hydrogen-bond donors (Lipinski definition) is 0. The normalized spacial score (nSPS) is 11.6. The van der Waals surface area contributed by atoms with Gasteiger partial charge >= 0.3 is 5.63 Å². The summed E-state index contributed by atoms with van der Waals surface area (Å²) in [5.41, 5.74) is 1.04. The number of fused-ring (bicyclic) bond motifs is 4. The van der Waals surface area contributed by atoms with Crippen molar-refractivity contribution in [1.29, 1.82) is 0 Å². The van der Waals surface area contributed by atoms with E-state index in [0.717, 1.165) is 39.6 Å². The number of hydrogen-bond acceptors (Lipinski definition) is 6. The van der Waals surface area contributed by atoms with Crippen LogP contribution in [0.4, 0.5) is 13.9 Å². The number of halogens is 2. The van der Waals surface area contributed by atoms with Crippen molar-refractivity contribution in [3.05, 3.63) is 99.7 Å². The van der Waals surface area contributed by atoms with E-state index in [9.17, 15) is 18.4 Å². The Morgan fingerprint density at radius 3 is 2.66 bits per heavy atom. The zero-order chi connectivity index (χ0) is 26.6. The molecule has 7 nitrogen and oxygen atoms in total. The van der Waals surface area contributed by atoms with Crippen LogP contribution in [0.3, 0.4) is 0 Å². The molecule has 0 aliphatic heterocycles. The number of aryl methyl sites for hydroxylation is 2. The molecular weight excluding hydrogens is 510 g/mol. The third-order valence-corrected chi connectivity index (χ3v) is 7.41. The van der Waals surface area contributed by atoms with Gasteiger partial charge in [-0.2, -0.15) is 5.10 Å². The number of carbonyl (C=O) groups excluding carboxylic acids is 1. The van der Waals surface area contributed by atoms with Gasteiger partial charge in [-0.15, -0.1) is 0 Å². The second-order valence-electron chi connectivity index (χ2n) is 8.98. The highest BCUT2D eigenvalue weighted by molar-refractivity contribution is 7.22. The minimum atomic E-state index is -0.829. The molecular formula is C28H20F2N4O3S. The summed E-state index contributed by atoms with van der Waals surface area (Å²) >= 11 is 0.965. The maximum absolute atomic E-state index is 14.5. The molecule has 0 radical (unpaired) electrons. The summed E-state index contributed by atoms with van der Waals surface area (Å²) in [7, 11) is 0. The lowest BCUT2D eigenvalue weighted by Gasteiger charge is -2.20. The molecule has 0 fully saturated rings. The number of benzene rings is 3. The van der Waals surface area contributed by atoms with Crippen molar-refractivity contribution < 1.29 is 18.0 Å². The minimum absolute atomic E-state index is 0.0492. The molecule has 0 aliphatic rings. The molecule has 0 aliphatic carbocycles. The second kappa shape index (κ2) is 9.14. The van der Waals surface area contributed by atoms with Gasteiger partial charge in [-0.3, -0.25) is 14.4 Å². The van der Waals surface area contributed by atoms with Gasteiger partial charge in [-0.1, -0.05) is 41.7 Å². The number of nitrogens with zero attached hydrogens (tertiary/aromatic N) is 4. The lowest BCUT2D eigenvalue weighted by molar-refractivity contribution is 0.0982. The molecule has 0 saturated heterocycles. The van der Waals surface area contributed by atoms with E-state index < -0.39 is 23.2 Å². The van der Waals surface area contributed by atoms with Gasteiger partial charge in [0.25, 0.3) is 5.91 Å². The third kappa shape index (κ3) is 4.12. The van der Waals surface area contributed by atoms with E-state index in [2.05, 4.69) is 10.1 Å². The summed E-state index contributed by atoms with van der Waals surface area (Å²) in [6, 6.07) is 16.5. The first-order chi connectivity index (χ1) is 18.3. The maximum atomic E-state index is 14.5. The van der Waals surface area contributed by atoms with E-state index in [4.69, 9.17) is 4.42 Å². The first kappa shape index (κ1) is 23.9. The molecule has 1 amide bonds. The zero-order valence-electron chi connectivity index (χ0n) is 20.4. The Morgan fingerprint density at radius 1 is 1.05 bits per heavy atom. The number of carbonyl (C=O) groups is 1. The molecule has 0 unspecified atom stereocenters. The van der Waals surface area contributed by atoms with Crippen LogP contribution in [-0.4, -0.2) is 27.2 Å². The minimum Gasteiger partial charge on any atom is -0.422 e. The summed E-state index contributed by atoms with van der Waals surface area (Å²) in [6.07, 6.45) is 0. The monoisotopic (exact) mass is 530 g/mol. The Bertz CT molecular complexity index is 1940. The van der Waals surface area contributed by atoms with Crippen LogP contribution in [0.1, 0.15) is 21.7 Å². The van der Waals surface area contributed by atoms with E-state index in [-0.39, 0.29) is 27.5 Å². The molecule has 10 heteroatoms. The predicted molar refractivity (Wildman–Crippen MR) is 143 cm³/mol. The Kier molecular flexibility index (Phi) is 5.76. The van der Waals surface area contributed by atoms with Crippen LogP contribution in [0.2, 0.25) is 0 Å². The lowest BCUT2D eigenvalue weighted by Crippen LogP contribution is -2.36. The maximum Gasteiger partial charge on any atom is 0.349 e.